The number of hydrogen-bond donors (Lipinski definition) is 2. The van der Waals surface area contributed by atoms with Crippen molar-refractivity contribution in [3.63, 3.8) is 0 Å². The lowest BCUT2D eigenvalue weighted by Crippen LogP contribution is -2.09. The summed E-state index contributed by atoms with van der Waals surface area (Å²) in [5, 5.41) is 18.9. The van der Waals surface area contributed by atoms with Gasteiger partial charge in [0.25, 0.3) is 0 Å². The maximum Gasteiger partial charge on any atom is 0.160 e. The number of phenolic OH excluding ortho intramolecular Hbond substituents is 2. The molecule has 0 bridgehead atoms. The van der Waals surface area contributed by atoms with Crippen LogP contribution in [0.2, 0.25) is 0 Å². The second-order valence-corrected chi connectivity index (χ2v) is 7.63. The smallest absolute Gasteiger partial charge is 0.160 e. The normalized spacial score (nSPS) is 11.8. The number of aromatic hydroxyl groups is 2. The molecule has 0 aliphatic rings. The van der Waals surface area contributed by atoms with Gasteiger partial charge in [-0.15, -0.1) is 0 Å². The van der Waals surface area contributed by atoms with Gasteiger partial charge in [0.15, 0.2) is 11.5 Å². The van der Waals surface area contributed by atoms with Crippen LogP contribution in [0.25, 0.3) is 0 Å². The van der Waals surface area contributed by atoms with Crippen LogP contribution in [0, 0.1) is 5.92 Å². The highest BCUT2D eigenvalue weighted by Gasteiger charge is 2.12. The molecule has 0 heterocycles. The van der Waals surface area contributed by atoms with Crippen molar-refractivity contribution in [3.05, 3.63) is 53.6 Å². The summed E-state index contributed by atoms with van der Waals surface area (Å²) in [6.07, 6.45) is 3.85. The van der Waals surface area contributed by atoms with E-state index in [0.717, 1.165) is 24.8 Å². The number of carbonyl (C=O) groups is 2. The van der Waals surface area contributed by atoms with Crippen LogP contribution >= 0.6 is 0 Å². The predicted molar refractivity (Wildman–Crippen MR) is 112 cm³/mol. The zero-order chi connectivity index (χ0) is 21.2. The minimum atomic E-state index is -0.0563. The van der Waals surface area contributed by atoms with Crippen molar-refractivity contribution in [2.45, 2.75) is 51.9 Å². The summed E-state index contributed by atoms with van der Waals surface area (Å²) >= 11 is 0. The van der Waals surface area contributed by atoms with E-state index in [4.69, 9.17) is 4.74 Å². The van der Waals surface area contributed by atoms with Crippen molar-refractivity contribution in [2.75, 3.05) is 7.11 Å². The number of phenols is 2. The van der Waals surface area contributed by atoms with Crippen LogP contribution < -0.4 is 4.74 Å². The van der Waals surface area contributed by atoms with Gasteiger partial charge in [-0.3, -0.25) is 9.59 Å². The number of methoxy groups -OCH3 is 1. The number of ketones is 2. The van der Waals surface area contributed by atoms with E-state index in [-0.39, 0.29) is 29.5 Å². The van der Waals surface area contributed by atoms with E-state index in [1.807, 2.05) is 12.1 Å². The van der Waals surface area contributed by atoms with E-state index in [0.29, 0.717) is 30.9 Å². The molecular weight excluding hydrogens is 368 g/mol. The average Bonchev–Trinajstić information content (AvgIpc) is 2.69. The third-order valence-corrected chi connectivity index (χ3v) is 5.00. The molecule has 0 unspecified atom stereocenters. The highest BCUT2D eigenvalue weighted by atomic mass is 16.5. The Kier molecular flexibility index (Phi) is 8.71. The largest absolute Gasteiger partial charge is 0.508 e. The standard InChI is InChI=1S/C24H30O5/c1-17(14-18-6-10-20(25)11-7-18)4-3-5-21(26)16-22(27)12-8-19-9-13-23(28)24(15-19)29-2/h6-7,9-11,13,15,17,25,28H,3-5,8,12,14,16H2,1-2H3/t17-/m0/s1. The molecular formula is C24H30O5. The fourth-order valence-electron chi connectivity index (χ4n) is 3.34. The number of rotatable bonds is 12. The maximum atomic E-state index is 12.1. The molecule has 0 saturated heterocycles. The zero-order valence-corrected chi connectivity index (χ0v) is 17.2. The Balaban J connectivity index is 1.65. The fraction of sp³-hybridized carbons (Fsp3) is 0.417. The van der Waals surface area contributed by atoms with Crippen molar-refractivity contribution < 1.29 is 24.5 Å². The van der Waals surface area contributed by atoms with Crippen LogP contribution in [-0.2, 0) is 22.4 Å². The van der Waals surface area contributed by atoms with Gasteiger partial charge in [-0.05, 0) is 67.0 Å². The minimum absolute atomic E-state index is 0.00452. The summed E-state index contributed by atoms with van der Waals surface area (Å²) < 4.78 is 5.06. The Labute approximate surface area is 172 Å². The first kappa shape index (κ1) is 22.5. The Hall–Kier alpha value is -2.82. The van der Waals surface area contributed by atoms with Crippen molar-refractivity contribution in [1.29, 1.82) is 0 Å². The number of benzene rings is 2. The molecule has 0 spiro atoms. The van der Waals surface area contributed by atoms with Gasteiger partial charge < -0.3 is 14.9 Å². The number of Topliss-reactive ketones (excluding diaryl/α,β-unsaturated/α-hetero) is 2. The lowest BCUT2D eigenvalue weighted by atomic mass is 9.94. The molecule has 5 nitrogen and oxygen atoms in total. The van der Waals surface area contributed by atoms with E-state index in [1.165, 1.54) is 12.7 Å². The Morgan fingerprint density at radius 3 is 2.31 bits per heavy atom. The quantitative estimate of drug-likeness (QED) is 0.510. The molecule has 0 radical (unpaired) electrons. The molecule has 0 amide bonds. The Morgan fingerprint density at radius 2 is 1.62 bits per heavy atom. The molecule has 2 aromatic carbocycles. The molecule has 0 fully saturated rings. The summed E-state index contributed by atoms with van der Waals surface area (Å²) in [6.45, 7) is 2.15. The molecule has 2 N–H and O–H groups in total. The SMILES string of the molecule is COc1cc(CCC(=O)CC(=O)CCC[C@H](C)Cc2ccc(O)cc2)ccc1O. The molecule has 0 aliphatic heterocycles. The second-order valence-electron chi connectivity index (χ2n) is 7.63. The first-order valence-electron chi connectivity index (χ1n) is 10.0. The van der Waals surface area contributed by atoms with E-state index in [2.05, 4.69) is 6.92 Å². The van der Waals surface area contributed by atoms with Gasteiger partial charge >= 0.3 is 0 Å². The van der Waals surface area contributed by atoms with Gasteiger partial charge in [0.1, 0.15) is 17.3 Å². The summed E-state index contributed by atoms with van der Waals surface area (Å²) in [6, 6.07) is 12.2. The van der Waals surface area contributed by atoms with Gasteiger partial charge in [-0.25, -0.2) is 0 Å². The molecule has 1 atom stereocenters. The molecule has 0 saturated carbocycles. The van der Waals surface area contributed by atoms with Gasteiger partial charge in [0.2, 0.25) is 0 Å². The maximum absolute atomic E-state index is 12.1. The van der Waals surface area contributed by atoms with Gasteiger partial charge in [-0.1, -0.05) is 25.1 Å². The lowest BCUT2D eigenvalue weighted by molar-refractivity contribution is -0.127. The van der Waals surface area contributed by atoms with E-state index >= 15 is 0 Å². The third-order valence-electron chi connectivity index (χ3n) is 5.00. The van der Waals surface area contributed by atoms with Crippen LogP contribution in [0.5, 0.6) is 17.2 Å². The van der Waals surface area contributed by atoms with Crippen LogP contribution in [0.4, 0.5) is 0 Å². The fourth-order valence-corrected chi connectivity index (χ4v) is 3.34. The minimum Gasteiger partial charge on any atom is -0.508 e. The van der Waals surface area contributed by atoms with Crippen molar-refractivity contribution in [1.82, 2.24) is 0 Å². The molecule has 156 valence electrons. The summed E-state index contributed by atoms with van der Waals surface area (Å²) in [7, 11) is 1.48. The van der Waals surface area contributed by atoms with Crippen molar-refractivity contribution >= 4 is 11.6 Å². The predicted octanol–water partition coefficient (Wildman–Crippen LogP) is 4.62. The van der Waals surface area contributed by atoms with E-state index in [9.17, 15) is 19.8 Å². The Bertz CT molecular complexity index is 811. The van der Waals surface area contributed by atoms with Crippen LogP contribution in [-0.4, -0.2) is 28.9 Å². The summed E-state index contributed by atoms with van der Waals surface area (Å²) in [5.41, 5.74) is 2.06. The van der Waals surface area contributed by atoms with Gasteiger partial charge in [0, 0.05) is 12.8 Å². The summed E-state index contributed by atoms with van der Waals surface area (Å²) in [5.74, 6) is 1.09. The number of hydrogen-bond acceptors (Lipinski definition) is 5. The van der Waals surface area contributed by atoms with Crippen molar-refractivity contribution in [2.24, 2.45) is 5.92 Å². The van der Waals surface area contributed by atoms with Crippen LogP contribution in [0.15, 0.2) is 42.5 Å². The van der Waals surface area contributed by atoms with Crippen LogP contribution in [0.3, 0.4) is 0 Å². The molecule has 5 heteroatoms. The number of aryl methyl sites for hydroxylation is 1. The lowest BCUT2D eigenvalue weighted by Gasteiger charge is -2.11. The first-order valence-corrected chi connectivity index (χ1v) is 10.0. The molecule has 29 heavy (non-hydrogen) atoms. The van der Waals surface area contributed by atoms with Gasteiger partial charge in [0.05, 0.1) is 13.5 Å². The van der Waals surface area contributed by atoms with E-state index in [1.54, 1.807) is 30.3 Å². The van der Waals surface area contributed by atoms with E-state index < -0.39 is 0 Å². The summed E-state index contributed by atoms with van der Waals surface area (Å²) in [4.78, 5) is 24.2. The number of ether oxygens (including phenoxy) is 1. The van der Waals surface area contributed by atoms with Crippen LogP contribution in [0.1, 0.15) is 50.2 Å². The highest BCUT2D eigenvalue weighted by Crippen LogP contribution is 2.26. The average molecular weight is 398 g/mol. The molecule has 2 rings (SSSR count). The first-order chi connectivity index (χ1) is 13.9. The van der Waals surface area contributed by atoms with Crippen molar-refractivity contribution in [3.8, 4) is 17.2 Å². The molecule has 0 aliphatic carbocycles. The Morgan fingerprint density at radius 1 is 0.966 bits per heavy atom. The third kappa shape index (κ3) is 7.98. The zero-order valence-electron chi connectivity index (χ0n) is 17.2. The molecule has 0 aromatic heterocycles. The molecule has 2 aromatic rings. The monoisotopic (exact) mass is 398 g/mol. The highest BCUT2D eigenvalue weighted by molar-refractivity contribution is 5.99. The van der Waals surface area contributed by atoms with Gasteiger partial charge in [-0.2, -0.15) is 0 Å². The number of carbonyl (C=O) groups excluding carboxylic acids is 2. The topological polar surface area (TPSA) is 83.8 Å². The second kappa shape index (κ2) is 11.2.